The van der Waals surface area contributed by atoms with Crippen LogP contribution in [0.25, 0.3) is 10.9 Å². The van der Waals surface area contributed by atoms with Crippen LogP contribution in [0.4, 0.5) is 0 Å². The summed E-state index contributed by atoms with van der Waals surface area (Å²) >= 11 is 8.83. The maximum Gasteiger partial charge on any atom is 0.0843 e. The Balaban J connectivity index is 2.06. The topological polar surface area (TPSA) is 24.9 Å². The Kier molecular flexibility index (Phi) is 4.21. The zero-order chi connectivity index (χ0) is 14.1. The molecule has 0 fully saturated rings. The molecule has 0 aliphatic heterocycles. The summed E-state index contributed by atoms with van der Waals surface area (Å²) in [5.74, 6) is 0. The molecule has 2 aromatic heterocycles. The highest BCUT2D eigenvalue weighted by atomic mass is 79.9. The van der Waals surface area contributed by atoms with Crippen molar-refractivity contribution < 1.29 is 0 Å². The molecule has 5 heteroatoms. The van der Waals surface area contributed by atoms with E-state index >= 15 is 0 Å². The lowest BCUT2D eigenvalue weighted by Gasteiger charge is -2.15. The van der Waals surface area contributed by atoms with Gasteiger partial charge in [0.15, 0.2) is 0 Å². The number of fused-ring (bicyclic) bond motifs is 1. The SMILES string of the molecule is CNC(c1cnc2ccccc2c1)c1cc(Br)c(Br)s1. The highest BCUT2D eigenvalue weighted by molar-refractivity contribution is 9.13. The Morgan fingerprint density at radius 3 is 2.70 bits per heavy atom. The van der Waals surface area contributed by atoms with E-state index in [0.29, 0.717) is 0 Å². The van der Waals surface area contributed by atoms with E-state index in [-0.39, 0.29) is 6.04 Å². The molecule has 1 N–H and O–H groups in total. The monoisotopic (exact) mass is 410 g/mol. The smallest absolute Gasteiger partial charge is 0.0843 e. The quantitative estimate of drug-likeness (QED) is 0.646. The van der Waals surface area contributed by atoms with Gasteiger partial charge >= 0.3 is 0 Å². The standard InChI is InChI=1S/C15H12Br2N2S/c1-18-14(13-7-11(16)15(17)20-13)10-6-9-4-2-3-5-12(9)19-8-10/h2-8,14,18H,1H3. The Hall–Kier alpha value is -0.750. The summed E-state index contributed by atoms with van der Waals surface area (Å²) in [6.07, 6.45) is 1.95. The summed E-state index contributed by atoms with van der Waals surface area (Å²) in [5, 5.41) is 4.54. The largest absolute Gasteiger partial charge is 0.309 e. The van der Waals surface area contributed by atoms with Crippen molar-refractivity contribution in [2.45, 2.75) is 6.04 Å². The van der Waals surface area contributed by atoms with Gasteiger partial charge in [0.05, 0.1) is 15.3 Å². The highest BCUT2D eigenvalue weighted by Crippen LogP contribution is 2.37. The fourth-order valence-electron chi connectivity index (χ4n) is 2.22. The average molecular weight is 412 g/mol. The number of hydrogen-bond acceptors (Lipinski definition) is 3. The van der Waals surface area contributed by atoms with Crippen LogP contribution >= 0.6 is 43.2 Å². The molecule has 3 aromatic rings. The maximum atomic E-state index is 4.55. The maximum absolute atomic E-state index is 4.55. The third-order valence-corrected chi connectivity index (χ3v) is 6.50. The van der Waals surface area contributed by atoms with Crippen molar-refractivity contribution in [3.63, 3.8) is 0 Å². The molecule has 0 aliphatic carbocycles. The summed E-state index contributed by atoms with van der Waals surface area (Å²) in [6, 6.07) is 12.7. The molecule has 2 heterocycles. The van der Waals surface area contributed by atoms with E-state index in [1.807, 2.05) is 31.4 Å². The highest BCUT2D eigenvalue weighted by Gasteiger charge is 2.17. The van der Waals surface area contributed by atoms with E-state index in [4.69, 9.17) is 0 Å². The van der Waals surface area contributed by atoms with E-state index in [2.05, 4.69) is 60.4 Å². The Bertz CT molecular complexity index is 735. The molecular formula is C15H12Br2N2S. The number of pyridine rings is 1. The fourth-order valence-corrected chi connectivity index (χ4v) is 4.45. The van der Waals surface area contributed by atoms with Gasteiger partial charge in [-0.15, -0.1) is 11.3 Å². The number of nitrogens with zero attached hydrogens (tertiary/aromatic N) is 1. The second-order valence-electron chi connectivity index (χ2n) is 4.45. The lowest BCUT2D eigenvalue weighted by molar-refractivity contribution is 0.702. The molecule has 0 spiro atoms. The second-order valence-corrected chi connectivity index (χ2v) is 7.71. The number of hydrogen-bond donors (Lipinski definition) is 1. The van der Waals surface area contributed by atoms with Gasteiger partial charge in [0.25, 0.3) is 0 Å². The number of benzene rings is 1. The minimum atomic E-state index is 0.153. The average Bonchev–Trinajstić information content (AvgIpc) is 2.79. The molecule has 1 aromatic carbocycles. The van der Waals surface area contributed by atoms with Crippen LogP contribution < -0.4 is 5.32 Å². The summed E-state index contributed by atoms with van der Waals surface area (Å²) < 4.78 is 2.20. The molecule has 1 unspecified atom stereocenters. The van der Waals surface area contributed by atoms with Crippen LogP contribution in [-0.4, -0.2) is 12.0 Å². The van der Waals surface area contributed by atoms with Gasteiger partial charge < -0.3 is 5.32 Å². The number of aromatic nitrogens is 1. The van der Waals surface area contributed by atoms with Crippen molar-refractivity contribution in [3.05, 3.63) is 61.3 Å². The molecule has 3 rings (SSSR count). The molecule has 0 saturated heterocycles. The van der Waals surface area contributed by atoms with E-state index in [9.17, 15) is 0 Å². The number of para-hydroxylation sites is 1. The predicted molar refractivity (Wildman–Crippen MR) is 92.4 cm³/mol. The van der Waals surface area contributed by atoms with Crippen molar-refractivity contribution in [1.29, 1.82) is 0 Å². The second kappa shape index (κ2) is 5.93. The third-order valence-electron chi connectivity index (χ3n) is 3.18. The van der Waals surface area contributed by atoms with Crippen LogP contribution in [0, 0.1) is 0 Å². The number of rotatable bonds is 3. The molecule has 2 nitrogen and oxygen atoms in total. The first kappa shape index (κ1) is 14.2. The normalized spacial score (nSPS) is 12.8. The fraction of sp³-hybridized carbons (Fsp3) is 0.133. The van der Waals surface area contributed by atoms with Crippen LogP contribution in [0.3, 0.4) is 0 Å². The number of halogens is 2. The van der Waals surface area contributed by atoms with Gasteiger partial charge in [-0.3, -0.25) is 4.98 Å². The Morgan fingerprint density at radius 2 is 2.00 bits per heavy atom. The van der Waals surface area contributed by atoms with Crippen LogP contribution in [0.15, 0.2) is 50.9 Å². The Labute approximate surface area is 138 Å². The van der Waals surface area contributed by atoms with Crippen molar-refractivity contribution in [3.8, 4) is 0 Å². The minimum absolute atomic E-state index is 0.153. The molecule has 0 radical (unpaired) electrons. The van der Waals surface area contributed by atoms with Gasteiger partial charge in [-0.2, -0.15) is 0 Å². The third kappa shape index (κ3) is 2.68. The van der Waals surface area contributed by atoms with E-state index in [0.717, 1.165) is 13.8 Å². The van der Waals surface area contributed by atoms with Gasteiger partial charge in [-0.05, 0) is 62.7 Å². The first-order valence-electron chi connectivity index (χ1n) is 6.15. The first-order chi connectivity index (χ1) is 9.69. The van der Waals surface area contributed by atoms with Gasteiger partial charge in [0.1, 0.15) is 0 Å². The summed E-state index contributed by atoms with van der Waals surface area (Å²) in [5.41, 5.74) is 2.20. The first-order valence-corrected chi connectivity index (χ1v) is 8.56. The molecule has 20 heavy (non-hydrogen) atoms. The molecule has 0 aliphatic rings. The van der Waals surface area contributed by atoms with E-state index in [1.165, 1.54) is 15.8 Å². The summed E-state index contributed by atoms with van der Waals surface area (Å²) in [4.78, 5) is 5.80. The Morgan fingerprint density at radius 1 is 1.20 bits per heavy atom. The van der Waals surface area contributed by atoms with Gasteiger partial charge in [-0.25, -0.2) is 0 Å². The lowest BCUT2D eigenvalue weighted by atomic mass is 10.1. The van der Waals surface area contributed by atoms with Gasteiger partial charge in [-0.1, -0.05) is 18.2 Å². The van der Waals surface area contributed by atoms with E-state index in [1.54, 1.807) is 11.3 Å². The van der Waals surface area contributed by atoms with Crippen molar-refractivity contribution >= 4 is 54.1 Å². The van der Waals surface area contributed by atoms with Crippen LogP contribution in [0.2, 0.25) is 0 Å². The lowest BCUT2D eigenvalue weighted by Crippen LogP contribution is -2.16. The summed E-state index contributed by atoms with van der Waals surface area (Å²) in [6.45, 7) is 0. The van der Waals surface area contributed by atoms with Crippen LogP contribution in [0.1, 0.15) is 16.5 Å². The predicted octanol–water partition coefficient (Wildman–Crippen LogP) is 5.13. The molecule has 1 atom stereocenters. The van der Waals surface area contributed by atoms with Crippen LogP contribution in [-0.2, 0) is 0 Å². The van der Waals surface area contributed by atoms with Gasteiger partial charge in [0, 0.05) is 20.9 Å². The number of nitrogens with one attached hydrogen (secondary N) is 1. The minimum Gasteiger partial charge on any atom is -0.309 e. The molecule has 0 bridgehead atoms. The summed E-state index contributed by atoms with van der Waals surface area (Å²) in [7, 11) is 1.97. The zero-order valence-electron chi connectivity index (χ0n) is 10.7. The molecule has 102 valence electrons. The van der Waals surface area contributed by atoms with Crippen molar-refractivity contribution in [2.75, 3.05) is 7.05 Å². The molecule has 0 amide bonds. The zero-order valence-corrected chi connectivity index (χ0v) is 14.7. The number of thiophene rings is 1. The van der Waals surface area contributed by atoms with Crippen molar-refractivity contribution in [2.24, 2.45) is 0 Å². The van der Waals surface area contributed by atoms with Crippen LogP contribution in [0.5, 0.6) is 0 Å². The van der Waals surface area contributed by atoms with Crippen molar-refractivity contribution in [1.82, 2.24) is 10.3 Å². The van der Waals surface area contributed by atoms with E-state index < -0.39 is 0 Å². The molecular weight excluding hydrogens is 400 g/mol. The molecule has 0 saturated carbocycles. The van der Waals surface area contributed by atoms with Gasteiger partial charge in [0.2, 0.25) is 0 Å².